The third kappa shape index (κ3) is 5.55. The number of ether oxygens (including phenoxy) is 2. The van der Waals surface area contributed by atoms with Crippen LogP contribution >= 0.6 is 0 Å². The highest BCUT2D eigenvalue weighted by molar-refractivity contribution is 6.02. The minimum Gasteiger partial charge on any atom is -0.497 e. The molecule has 0 fully saturated rings. The van der Waals surface area contributed by atoms with Crippen LogP contribution in [0, 0.1) is 0 Å². The van der Waals surface area contributed by atoms with Crippen molar-refractivity contribution in [1.29, 1.82) is 0 Å². The number of Topliss-reactive ketones (excluding diaryl/α,β-unsaturated/α-hetero) is 1. The van der Waals surface area contributed by atoms with E-state index in [4.69, 9.17) is 4.74 Å². The Morgan fingerprint density at radius 2 is 1.71 bits per heavy atom. The topological polar surface area (TPSA) is 64.6 Å². The summed E-state index contributed by atoms with van der Waals surface area (Å²) in [5, 5.41) is 3.17. The average molecular weight is 293 g/mol. The molecule has 1 N–H and O–H groups in total. The summed E-state index contributed by atoms with van der Waals surface area (Å²) in [4.78, 5) is 24.1. The fourth-order valence-electron chi connectivity index (χ4n) is 1.94. The minimum absolute atomic E-state index is 0.00136. The van der Waals surface area contributed by atoms with Gasteiger partial charge in [0.1, 0.15) is 5.75 Å². The second-order valence-corrected chi connectivity index (χ2v) is 5.82. The van der Waals surface area contributed by atoms with Crippen LogP contribution in [-0.4, -0.2) is 37.6 Å². The monoisotopic (exact) mass is 293 g/mol. The zero-order valence-electron chi connectivity index (χ0n) is 13.2. The molecule has 1 unspecified atom stereocenters. The quantitative estimate of drug-likeness (QED) is 0.643. The predicted molar refractivity (Wildman–Crippen MR) is 80.6 cm³/mol. The van der Waals surface area contributed by atoms with Gasteiger partial charge >= 0.3 is 5.97 Å². The molecule has 0 aliphatic carbocycles. The second kappa shape index (κ2) is 7.22. The second-order valence-electron chi connectivity index (χ2n) is 5.82. The molecule has 0 bridgehead atoms. The number of methoxy groups -OCH3 is 2. The number of hydrogen-bond donors (Lipinski definition) is 1. The summed E-state index contributed by atoms with van der Waals surface area (Å²) in [6, 6.07) is 6.20. The number of ketones is 1. The molecule has 0 aliphatic rings. The fourth-order valence-corrected chi connectivity index (χ4v) is 1.94. The van der Waals surface area contributed by atoms with Crippen molar-refractivity contribution in [2.24, 2.45) is 0 Å². The Balaban J connectivity index is 2.94. The summed E-state index contributed by atoms with van der Waals surface area (Å²) in [5.41, 5.74) is 0.238. The lowest BCUT2D eigenvalue weighted by atomic mass is 9.98. The number of benzene rings is 1. The maximum atomic E-state index is 12.6. The van der Waals surface area contributed by atoms with E-state index < -0.39 is 12.0 Å². The van der Waals surface area contributed by atoms with Crippen molar-refractivity contribution in [2.75, 3.05) is 14.2 Å². The molecule has 21 heavy (non-hydrogen) atoms. The molecule has 0 aromatic heterocycles. The molecule has 0 radical (unpaired) electrons. The molecule has 1 aromatic carbocycles. The van der Waals surface area contributed by atoms with E-state index in [1.54, 1.807) is 31.4 Å². The third-order valence-corrected chi connectivity index (χ3v) is 2.90. The summed E-state index contributed by atoms with van der Waals surface area (Å²) in [6.45, 7) is 5.83. The number of esters is 1. The van der Waals surface area contributed by atoms with Gasteiger partial charge in [-0.05, 0) is 45.0 Å². The van der Waals surface area contributed by atoms with E-state index in [2.05, 4.69) is 10.1 Å². The van der Waals surface area contributed by atoms with Crippen LogP contribution in [0.25, 0.3) is 0 Å². The van der Waals surface area contributed by atoms with Gasteiger partial charge < -0.3 is 14.8 Å². The number of carbonyl (C=O) groups is 2. The zero-order chi connectivity index (χ0) is 16.0. The minimum atomic E-state index is -0.620. The van der Waals surface area contributed by atoms with Gasteiger partial charge in [0.05, 0.1) is 26.7 Å². The highest BCUT2D eigenvalue weighted by atomic mass is 16.5. The predicted octanol–water partition coefficient (Wildman–Crippen LogP) is 2.20. The number of hydrogen-bond acceptors (Lipinski definition) is 5. The molecule has 1 aromatic rings. The van der Waals surface area contributed by atoms with Crippen LogP contribution in [0.1, 0.15) is 37.6 Å². The highest BCUT2D eigenvalue weighted by Crippen LogP contribution is 2.15. The van der Waals surface area contributed by atoms with Crippen LogP contribution in [0.2, 0.25) is 0 Å². The average Bonchev–Trinajstić information content (AvgIpc) is 2.44. The van der Waals surface area contributed by atoms with Crippen molar-refractivity contribution >= 4 is 11.8 Å². The van der Waals surface area contributed by atoms with Crippen LogP contribution in [0.15, 0.2) is 24.3 Å². The molecule has 0 saturated heterocycles. The SMILES string of the molecule is COC(=O)CC(NC(C)(C)C)C(=O)c1ccc(OC)cc1. The Bertz CT molecular complexity index is 488. The lowest BCUT2D eigenvalue weighted by molar-refractivity contribution is -0.141. The van der Waals surface area contributed by atoms with Gasteiger partial charge in [0, 0.05) is 11.1 Å². The van der Waals surface area contributed by atoms with Gasteiger partial charge in [0.15, 0.2) is 5.78 Å². The van der Waals surface area contributed by atoms with Gasteiger partial charge in [0.25, 0.3) is 0 Å². The first-order valence-electron chi connectivity index (χ1n) is 6.79. The van der Waals surface area contributed by atoms with Gasteiger partial charge in [-0.15, -0.1) is 0 Å². The molecule has 0 saturated carbocycles. The third-order valence-electron chi connectivity index (χ3n) is 2.90. The molecular weight excluding hydrogens is 270 g/mol. The number of nitrogens with one attached hydrogen (secondary N) is 1. The Morgan fingerprint density at radius 1 is 1.14 bits per heavy atom. The van der Waals surface area contributed by atoms with Crippen LogP contribution in [0.3, 0.4) is 0 Å². The fraction of sp³-hybridized carbons (Fsp3) is 0.500. The molecule has 5 nitrogen and oxygen atoms in total. The lowest BCUT2D eigenvalue weighted by Gasteiger charge is -2.27. The summed E-state index contributed by atoms with van der Waals surface area (Å²) < 4.78 is 9.74. The van der Waals surface area contributed by atoms with Gasteiger partial charge in [-0.1, -0.05) is 0 Å². The van der Waals surface area contributed by atoms with Crippen LogP contribution < -0.4 is 10.1 Å². The smallest absolute Gasteiger partial charge is 0.307 e. The molecule has 0 aliphatic heterocycles. The Hall–Kier alpha value is -1.88. The number of carbonyl (C=O) groups excluding carboxylic acids is 2. The van der Waals surface area contributed by atoms with Gasteiger partial charge in [0.2, 0.25) is 0 Å². The Labute approximate surface area is 125 Å². The summed E-state index contributed by atoms with van der Waals surface area (Å²) >= 11 is 0. The van der Waals surface area contributed by atoms with E-state index in [0.717, 1.165) is 0 Å². The molecule has 0 spiro atoms. The van der Waals surface area contributed by atoms with Crippen molar-refractivity contribution in [1.82, 2.24) is 5.32 Å². The van der Waals surface area contributed by atoms with Crippen molar-refractivity contribution in [2.45, 2.75) is 38.8 Å². The van der Waals surface area contributed by atoms with E-state index >= 15 is 0 Å². The maximum absolute atomic E-state index is 12.6. The van der Waals surface area contributed by atoms with E-state index in [1.807, 2.05) is 20.8 Å². The van der Waals surface area contributed by atoms with Crippen LogP contribution in [0.4, 0.5) is 0 Å². The van der Waals surface area contributed by atoms with E-state index in [1.165, 1.54) is 7.11 Å². The van der Waals surface area contributed by atoms with Crippen molar-refractivity contribution < 1.29 is 19.1 Å². The van der Waals surface area contributed by atoms with Gasteiger partial charge in [-0.2, -0.15) is 0 Å². The summed E-state index contributed by atoms with van der Waals surface area (Å²) in [5.74, 6) is 0.122. The summed E-state index contributed by atoms with van der Waals surface area (Å²) in [6.07, 6.45) is -0.00136. The van der Waals surface area contributed by atoms with Crippen molar-refractivity contribution in [3.8, 4) is 5.75 Å². The van der Waals surface area contributed by atoms with Crippen LogP contribution in [-0.2, 0) is 9.53 Å². The van der Waals surface area contributed by atoms with Gasteiger partial charge in [-0.25, -0.2) is 0 Å². The van der Waals surface area contributed by atoms with Crippen LogP contribution in [0.5, 0.6) is 5.75 Å². The standard InChI is InChI=1S/C16H23NO4/c1-16(2,3)17-13(10-14(18)21-5)15(19)11-6-8-12(20-4)9-7-11/h6-9,13,17H,10H2,1-5H3. The first kappa shape index (κ1) is 17.2. The normalized spacial score (nSPS) is 12.6. The van der Waals surface area contributed by atoms with E-state index in [9.17, 15) is 9.59 Å². The first-order chi connectivity index (χ1) is 9.76. The molecule has 0 amide bonds. The Morgan fingerprint density at radius 3 is 2.14 bits per heavy atom. The highest BCUT2D eigenvalue weighted by Gasteiger charge is 2.27. The van der Waals surface area contributed by atoms with Crippen molar-refractivity contribution in [3.05, 3.63) is 29.8 Å². The molecule has 5 heteroatoms. The molecule has 116 valence electrons. The molecule has 1 rings (SSSR count). The largest absolute Gasteiger partial charge is 0.497 e. The van der Waals surface area contributed by atoms with Gasteiger partial charge in [-0.3, -0.25) is 9.59 Å². The maximum Gasteiger partial charge on any atom is 0.307 e. The summed E-state index contributed by atoms with van der Waals surface area (Å²) in [7, 11) is 2.88. The Kier molecular flexibility index (Phi) is 5.90. The zero-order valence-corrected chi connectivity index (χ0v) is 13.2. The van der Waals surface area contributed by atoms with E-state index in [0.29, 0.717) is 11.3 Å². The lowest BCUT2D eigenvalue weighted by Crippen LogP contribution is -2.48. The molecule has 0 heterocycles. The molecular formula is C16H23NO4. The van der Waals surface area contributed by atoms with E-state index in [-0.39, 0.29) is 17.7 Å². The molecule has 1 atom stereocenters. The number of rotatable bonds is 6. The van der Waals surface area contributed by atoms with Crippen molar-refractivity contribution in [3.63, 3.8) is 0 Å². The first-order valence-corrected chi connectivity index (χ1v) is 6.79.